The quantitative estimate of drug-likeness (QED) is 0.0623. The molecule has 0 amide bonds. The number of fused-ring (bicyclic) bond motifs is 1. The van der Waals surface area contributed by atoms with Crippen molar-refractivity contribution in [3.05, 3.63) is 113 Å². The third-order valence-electron chi connectivity index (χ3n) is 7.71. The second-order valence-electron chi connectivity index (χ2n) is 11.5. The van der Waals surface area contributed by atoms with Crippen LogP contribution < -0.4 is 18.9 Å². The first-order chi connectivity index (χ1) is 23.8. The molecule has 0 fully saturated rings. The second-order valence-corrected chi connectivity index (χ2v) is 11.5. The SMILES string of the molecule is CCCCCCC(=O)Oc1cc(O)cc2c1CC(O)C(c1ccc(OC(=O)OCc3ccccc3)c(OC(=O)OCc3ccccc3)c1)O2. The fraction of sp³-hybridized carbons (Fsp3) is 0.289. The number of ether oxygens (including phenoxy) is 6. The minimum Gasteiger partial charge on any atom is -0.508 e. The maximum absolute atomic E-state index is 12.7. The van der Waals surface area contributed by atoms with Crippen molar-refractivity contribution in [3.63, 3.8) is 0 Å². The largest absolute Gasteiger partial charge is 0.514 e. The van der Waals surface area contributed by atoms with Gasteiger partial charge in [0.2, 0.25) is 0 Å². The Kier molecular flexibility index (Phi) is 12.1. The molecule has 1 heterocycles. The molecule has 0 saturated carbocycles. The van der Waals surface area contributed by atoms with Gasteiger partial charge in [0.25, 0.3) is 0 Å². The van der Waals surface area contributed by atoms with E-state index in [1.807, 2.05) is 12.1 Å². The number of benzene rings is 4. The first-order valence-electron chi connectivity index (χ1n) is 16.1. The van der Waals surface area contributed by atoms with Crippen molar-refractivity contribution in [1.82, 2.24) is 0 Å². The van der Waals surface area contributed by atoms with Crippen LogP contribution in [0.3, 0.4) is 0 Å². The van der Waals surface area contributed by atoms with E-state index in [-0.39, 0.29) is 54.8 Å². The monoisotopic (exact) mass is 670 g/mol. The highest BCUT2D eigenvalue weighted by Crippen LogP contribution is 2.44. The number of rotatable bonds is 13. The number of carbonyl (C=O) groups excluding carboxylic acids is 3. The Morgan fingerprint density at radius 1 is 0.735 bits per heavy atom. The van der Waals surface area contributed by atoms with Gasteiger partial charge in [0.15, 0.2) is 11.5 Å². The molecule has 4 aromatic carbocycles. The molecule has 256 valence electrons. The third kappa shape index (κ3) is 9.97. The summed E-state index contributed by atoms with van der Waals surface area (Å²) in [5, 5.41) is 21.6. The Morgan fingerprint density at radius 2 is 1.37 bits per heavy atom. The van der Waals surface area contributed by atoms with Crippen LogP contribution in [0, 0.1) is 0 Å². The molecule has 0 aliphatic carbocycles. The number of aromatic hydroxyl groups is 1. The Balaban J connectivity index is 1.34. The van der Waals surface area contributed by atoms with Gasteiger partial charge >= 0.3 is 18.3 Å². The van der Waals surface area contributed by atoms with Crippen LogP contribution in [0.2, 0.25) is 0 Å². The Morgan fingerprint density at radius 3 is 2.00 bits per heavy atom. The number of aliphatic hydroxyl groups is 1. The van der Waals surface area contributed by atoms with Crippen LogP contribution in [0.4, 0.5) is 9.59 Å². The summed E-state index contributed by atoms with van der Waals surface area (Å²) in [5.41, 5.74) is 2.25. The molecule has 0 aromatic heterocycles. The molecular formula is C38H38O11. The molecule has 0 bridgehead atoms. The summed E-state index contributed by atoms with van der Waals surface area (Å²) in [4.78, 5) is 37.9. The van der Waals surface area contributed by atoms with Gasteiger partial charge in [-0.15, -0.1) is 0 Å². The second kappa shape index (κ2) is 17.0. The lowest BCUT2D eigenvalue weighted by Crippen LogP contribution is -2.31. The Hall–Kier alpha value is -5.55. The van der Waals surface area contributed by atoms with Crippen LogP contribution in [-0.2, 0) is 33.9 Å². The van der Waals surface area contributed by atoms with Gasteiger partial charge in [-0.2, -0.15) is 0 Å². The van der Waals surface area contributed by atoms with Gasteiger partial charge in [-0.25, -0.2) is 9.59 Å². The molecule has 5 rings (SSSR count). The molecule has 2 N–H and O–H groups in total. The average molecular weight is 671 g/mol. The van der Waals surface area contributed by atoms with E-state index in [2.05, 4.69) is 6.92 Å². The van der Waals surface area contributed by atoms with Crippen molar-refractivity contribution in [1.29, 1.82) is 0 Å². The maximum atomic E-state index is 12.7. The van der Waals surface area contributed by atoms with E-state index in [1.165, 1.54) is 30.3 Å². The summed E-state index contributed by atoms with van der Waals surface area (Å²) in [6.45, 7) is 1.97. The van der Waals surface area contributed by atoms with Gasteiger partial charge in [0.1, 0.15) is 36.6 Å². The molecule has 4 aromatic rings. The zero-order valence-corrected chi connectivity index (χ0v) is 27.0. The van der Waals surface area contributed by atoms with Crippen LogP contribution >= 0.6 is 0 Å². The molecule has 11 heteroatoms. The number of phenolic OH excluding ortho intramolecular Hbond substituents is 1. The summed E-state index contributed by atoms with van der Waals surface area (Å²) in [6, 6.07) is 25.0. The summed E-state index contributed by atoms with van der Waals surface area (Å²) in [5.74, 6) is -0.656. The number of unbranched alkanes of at least 4 members (excludes halogenated alkanes) is 3. The number of esters is 1. The molecular weight excluding hydrogens is 632 g/mol. The Labute approximate surface area is 283 Å². The van der Waals surface area contributed by atoms with E-state index >= 15 is 0 Å². The number of hydrogen-bond acceptors (Lipinski definition) is 11. The fourth-order valence-corrected chi connectivity index (χ4v) is 5.23. The minimum absolute atomic E-state index is 0.0259. The highest BCUT2D eigenvalue weighted by molar-refractivity contribution is 5.74. The first-order valence-corrected chi connectivity index (χ1v) is 16.1. The van der Waals surface area contributed by atoms with Crippen molar-refractivity contribution < 1.29 is 53.0 Å². The van der Waals surface area contributed by atoms with Gasteiger partial charge in [-0.05, 0) is 35.2 Å². The lowest BCUT2D eigenvalue weighted by molar-refractivity contribution is -0.134. The lowest BCUT2D eigenvalue weighted by Gasteiger charge is -2.32. The van der Waals surface area contributed by atoms with E-state index in [4.69, 9.17) is 28.4 Å². The smallest absolute Gasteiger partial charge is 0.508 e. The zero-order valence-electron chi connectivity index (χ0n) is 27.0. The van der Waals surface area contributed by atoms with Gasteiger partial charge in [0.05, 0.1) is 6.10 Å². The first kappa shape index (κ1) is 34.8. The molecule has 1 aliphatic rings. The van der Waals surface area contributed by atoms with Crippen LogP contribution in [0.15, 0.2) is 91.0 Å². The molecule has 2 atom stereocenters. The van der Waals surface area contributed by atoms with E-state index in [1.54, 1.807) is 48.5 Å². The summed E-state index contributed by atoms with van der Waals surface area (Å²) < 4.78 is 33.0. The number of phenols is 1. The molecule has 1 aliphatic heterocycles. The summed E-state index contributed by atoms with van der Waals surface area (Å²) in [7, 11) is 0. The number of aliphatic hydroxyl groups excluding tert-OH is 1. The normalized spacial score (nSPS) is 14.9. The highest BCUT2D eigenvalue weighted by atomic mass is 16.7. The molecule has 0 saturated heterocycles. The molecule has 0 spiro atoms. The van der Waals surface area contributed by atoms with Crippen molar-refractivity contribution in [2.75, 3.05) is 0 Å². The fourth-order valence-electron chi connectivity index (χ4n) is 5.23. The topological polar surface area (TPSA) is 147 Å². The van der Waals surface area contributed by atoms with Gasteiger partial charge in [-0.3, -0.25) is 4.79 Å². The Bertz CT molecular complexity index is 1720. The molecule has 49 heavy (non-hydrogen) atoms. The van der Waals surface area contributed by atoms with Crippen LogP contribution in [0.1, 0.15) is 67.4 Å². The lowest BCUT2D eigenvalue weighted by atomic mass is 9.93. The number of carbonyl (C=O) groups is 3. The number of hydrogen-bond donors (Lipinski definition) is 2. The third-order valence-corrected chi connectivity index (χ3v) is 7.71. The standard InChI is InChI=1S/C38H38O11/c1-2-3-4-11-16-35(41)46-32-20-28(39)21-33-29(32)22-30(40)36(47-33)27-17-18-31(48-37(42)44-23-25-12-7-5-8-13-25)34(19-27)49-38(43)45-24-26-14-9-6-10-15-26/h5-10,12-15,17-21,30,36,39-40H,2-4,11,16,22-24H2,1H3. The zero-order chi connectivity index (χ0) is 34.6. The van der Waals surface area contributed by atoms with Crippen molar-refractivity contribution in [2.24, 2.45) is 0 Å². The van der Waals surface area contributed by atoms with E-state index in [9.17, 15) is 24.6 Å². The van der Waals surface area contributed by atoms with Crippen LogP contribution in [-0.4, -0.2) is 34.6 Å². The van der Waals surface area contributed by atoms with E-state index in [0.717, 1.165) is 30.4 Å². The summed E-state index contributed by atoms with van der Waals surface area (Å²) in [6.07, 6.45) is -0.355. The highest BCUT2D eigenvalue weighted by Gasteiger charge is 2.34. The average Bonchev–Trinajstić information content (AvgIpc) is 3.10. The van der Waals surface area contributed by atoms with Gasteiger partial charge < -0.3 is 38.6 Å². The molecule has 11 nitrogen and oxygen atoms in total. The van der Waals surface area contributed by atoms with Gasteiger partial charge in [-0.1, -0.05) is 92.9 Å². The summed E-state index contributed by atoms with van der Waals surface area (Å²) >= 11 is 0. The molecule has 2 unspecified atom stereocenters. The maximum Gasteiger partial charge on any atom is 0.514 e. The van der Waals surface area contributed by atoms with Crippen LogP contribution in [0.5, 0.6) is 28.7 Å². The van der Waals surface area contributed by atoms with E-state index in [0.29, 0.717) is 17.5 Å². The van der Waals surface area contributed by atoms with Crippen LogP contribution in [0.25, 0.3) is 0 Å². The molecule has 0 radical (unpaired) electrons. The van der Waals surface area contributed by atoms with Crippen molar-refractivity contribution in [3.8, 4) is 28.7 Å². The van der Waals surface area contributed by atoms with Crippen molar-refractivity contribution in [2.45, 2.75) is 70.9 Å². The van der Waals surface area contributed by atoms with Gasteiger partial charge in [0, 0.05) is 30.5 Å². The minimum atomic E-state index is -1.14. The van der Waals surface area contributed by atoms with Crippen molar-refractivity contribution >= 4 is 18.3 Å². The predicted octanol–water partition coefficient (Wildman–Crippen LogP) is 7.74. The predicted molar refractivity (Wildman–Crippen MR) is 177 cm³/mol. The van der Waals surface area contributed by atoms with E-state index < -0.39 is 30.5 Å².